The van der Waals surface area contributed by atoms with Gasteiger partial charge in [-0.2, -0.15) is 0 Å². The van der Waals surface area contributed by atoms with Gasteiger partial charge in [0.25, 0.3) is 0 Å². The van der Waals surface area contributed by atoms with Crippen LogP contribution < -0.4 is 10.2 Å². The highest BCUT2D eigenvalue weighted by Gasteiger charge is 2.41. The molecule has 1 amide bonds. The molecule has 3 aromatic rings. The summed E-state index contributed by atoms with van der Waals surface area (Å²) in [5.41, 5.74) is 4.16. The van der Waals surface area contributed by atoms with Gasteiger partial charge in [-0.3, -0.25) is 9.69 Å². The summed E-state index contributed by atoms with van der Waals surface area (Å²) in [5, 5.41) is 4.39. The standard InChI is InChI=1S/C31H38N8O2/c1-37-12-3-2-4-26(37)30(40)38-13-11-24-19(16-38)5-10-27(33-24)35-31-32-15-20-14-25(21-17-41-18-21)34-29(28(20)36-31)39-22-6-7-23(39)9-8-22/h5,10,14-15,21-23,26H,2-4,6-9,11-13,16-18H2,1H3,(H,32,33,35,36)/t22?,23?,26-/m1/s1. The van der Waals surface area contributed by atoms with Gasteiger partial charge in [0.05, 0.1) is 24.9 Å². The predicted molar refractivity (Wildman–Crippen MR) is 156 cm³/mol. The van der Waals surface area contributed by atoms with E-state index in [1.54, 1.807) is 0 Å². The number of likely N-dealkylation sites (tertiary alicyclic amines) is 1. The Labute approximate surface area is 240 Å². The summed E-state index contributed by atoms with van der Waals surface area (Å²) < 4.78 is 5.47. The van der Waals surface area contributed by atoms with Gasteiger partial charge in [0.2, 0.25) is 11.9 Å². The number of hydrogen-bond acceptors (Lipinski definition) is 9. The van der Waals surface area contributed by atoms with Gasteiger partial charge in [0, 0.05) is 54.8 Å². The molecule has 8 rings (SSSR count). The number of likely N-dealkylation sites (N-methyl/N-ethyl adjacent to an activating group) is 1. The summed E-state index contributed by atoms with van der Waals surface area (Å²) in [4.78, 5) is 39.8. The number of rotatable bonds is 5. The molecule has 8 heterocycles. The van der Waals surface area contributed by atoms with Crippen molar-refractivity contribution in [3.8, 4) is 0 Å². The largest absolute Gasteiger partial charge is 0.380 e. The highest BCUT2D eigenvalue weighted by Crippen LogP contribution is 2.43. The highest BCUT2D eigenvalue weighted by atomic mass is 16.5. The minimum atomic E-state index is 0.0116. The Morgan fingerprint density at radius 1 is 1.00 bits per heavy atom. The summed E-state index contributed by atoms with van der Waals surface area (Å²) in [6.45, 7) is 3.81. The number of fused-ring (bicyclic) bond motifs is 4. The zero-order valence-electron chi connectivity index (χ0n) is 23.8. The van der Waals surface area contributed by atoms with Gasteiger partial charge in [-0.25, -0.2) is 19.9 Å². The van der Waals surface area contributed by atoms with E-state index in [1.165, 1.54) is 32.1 Å². The number of nitrogens with one attached hydrogen (secondary N) is 1. The van der Waals surface area contributed by atoms with Crippen molar-refractivity contribution in [3.05, 3.63) is 41.3 Å². The molecule has 5 aliphatic heterocycles. The lowest BCUT2D eigenvalue weighted by Gasteiger charge is -2.37. The van der Waals surface area contributed by atoms with E-state index in [9.17, 15) is 4.79 Å². The van der Waals surface area contributed by atoms with Gasteiger partial charge in [-0.05, 0) is 69.8 Å². The Morgan fingerprint density at radius 3 is 2.59 bits per heavy atom. The summed E-state index contributed by atoms with van der Waals surface area (Å²) in [5.74, 6) is 2.88. The second kappa shape index (κ2) is 10.2. The Morgan fingerprint density at radius 2 is 1.83 bits per heavy atom. The highest BCUT2D eigenvalue weighted by molar-refractivity contribution is 5.90. The van der Waals surface area contributed by atoms with Crippen LogP contribution >= 0.6 is 0 Å². The molecular weight excluding hydrogens is 516 g/mol. The van der Waals surface area contributed by atoms with Crippen LogP contribution in [0.15, 0.2) is 24.4 Å². The normalized spacial score (nSPS) is 26.3. The molecule has 0 radical (unpaired) electrons. The first-order valence-corrected chi connectivity index (χ1v) is 15.4. The molecule has 0 spiro atoms. The molecule has 0 aromatic carbocycles. The fourth-order valence-corrected chi connectivity index (χ4v) is 7.54. The zero-order valence-corrected chi connectivity index (χ0v) is 23.8. The third-order valence-corrected chi connectivity index (χ3v) is 9.98. The van der Waals surface area contributed by atoms with Crippen molar-refractivity contribution in [1.29, 1.82) is 0 Å². The van der Waals surface area contributed by atoms with E-state index >= 15 is 0 Å². The monoisotopic (exact) mass is 554 g/mol. The third kappa shape index (κ3) is 4.52. The number of hydrogen-bond donors (Lipinski definition) is 1. The van der Waals surface area contributed by atoms with Gasteiger partial charge in [0.1, 0.15) is 11.3 Å². The lowest BCUT2D eigenvalue weighted by molar-refractivity contribution is -0.138. The van der Waals surface area contributed by atoms with Crippen LogP contribution in [0.5, 0.6) is 0 Å². The van der Waals surface area contributed by atoms with Gasteiger partial charge in [-0.1, -0.05) is 12.5 Å². The smallest absolute Gasteiger partial charge is 0.240 e. The van der Waals surface area contributed by atoms with E-state index in [0.717, 1.165) is 78.5 Å². The van der Waals surface area contributed by atoms with Gasteiger partial charge < -0.3 is 19.9 Å². The number of aromatic nitrogens is 4. The van der Waals surface area contributed by atoms with E-state index in [0.29, 0.717) is 37.0 Å². The van der Waals surface area contributed by atoms with Crippen molar-refractivity contribution < 1.29 is 9.53 Å². The number of amides is 1. The first-order valence-electron chi connectivity index (χ1n) is 15.4. The molecule has 2 bridgehead atoms. The minimum Gasteiger partial charge on any atom is -0.380 e. The minimum absolute atomic E-state index is 0.0116. The number of nitrogens with zero attached hydrogens (tertiary/aromatic N) is 7. The molecule has 0 aliphatic carbocycles. The summed E-state index contributed by atoms with van der Waals surface area (Å²) in [6, 6.07) is 7.34. The van der Waals surface area contributed by atoms with E-state index in [4.69, 9.17) is 19.7 Å². The van der Waals surface area contributed by atoms with Crippen molar-refractivity contribution in [2.45, 2.75) is 82.0 Å². The molecule has 4 saturated heterocycles. The zero-order chi connectivity index (χ0) is 27.5. The number of pyridine rings is 2. The van der Waals surface area contributed by atoms with Gasteiger partial charge in [-0.15, -0.1) is 0 Å². The average Bonchev–Trinajstić information content (AvgIpc) is 3.56. The lowest BCUT2D eigenvalue weighted by Crippen LogP contribution is -2.50. The summed E-state index contributed by atoms with van der Waals surface area (Å²) in [6.07, 6.45) is 10.9. The van der Waals surface area contributed by atoms with Crippen molar-refractivity contribution in [2.24, 2.45) is 0 Å². The maximum atomic E-state index is 13.3. The molecule has 3 aromatic heterocycles. The van der Waals surface area contributed by atoms with Crippen LogP contribution in [0.25, 0.3) is 10.9 Å². The number of carbonyl (C=O) groups excluding carboxylic acids is 1. The Hall–Kier alpha value is -3.37. The second-order valence-electron chi connectivity index (χ2n) is 12.5. The Balaban J connectivity index is 1.04. The van der Waals surface area contributed by atoms with E-state index < -0.39 is 0 Å². The van der Waals surface area contributed by atoms with Crippen LogP contribution in [0.1, 0.15) is 67.8 Å². The number of piperidine rings is 1. The van der Waals surface area contributed by atoms with Crippen LogP contribution in [0.3, 0.4) is 0 Å². The van der Waals surface area contributed by atoms with Crippen molar-refractivity contribution in [2.75, 3.05) is 43.6 Å². The number of ether oxygens (including phenoxy) is 1. The second-order valence-corrected chi connectivity index (χ2v) is 12.5. The molecule has 4 fully saturated rings. The number of anilines is 3. The van der Waals surface area contributed by atoms with Crippen LogP contribution in [0.4, 0.5) is 17.6 Å². The molecule has 214 valence electrons. The molecule has 0 saturated carbocycles. The van der Waals surface area contributed by atoms with Crippen molar-refractivity contribution >= 4 is 34.4 Å². The first kappa shape index (κ1) is 25.3. The molecule has 1 N–H and O–H groups in total. The van der Waals surface area contributed by atoms with Gasteiger partial charge in [0.15, 0.2) is 5.82 Å². The molecule has 10 nitrogen and oxygen atoms in total. The molecule has 5 aliphatic rings. The van der Waals surface area contributed by atoms with Crippen LogP contribution in [-0.2, 0) is 22.5 Å². The van der Waals surface area contributed by atoms with Crippen LogP contribution in [0, 0.1) is 0 Å². The van der Waals surface area contributed by atoms with Crippen LogP contribution in [-0.4, -0.2) is 87.1 Å². The Kier molecular flexibility index (Phi) is 6.29. The molecular formula is C31H38N8O2. The quantitative estimate of drug-likeness (QED) is 0.505. The molecule has 0 unspecified atom stereocenters. The van der Waals surface area contributed by atoms with Crippen LogP contribution in [0.2, 0.25) is 0 Å². The molecule has 1 atom stereocenters. The third-order valence-electron chi connectivity index (χ3n) is 9.98. The predicted octanol–water partition coefficient (Wildman–Crippen LogP) is 3.78. The summed E-state index contributed by atoms with van der Waals surface area (Å²) >= 11 is 0. The van der Waals surface area contributed by atoms with E-state index in [2.05, 4.69) is 39.3 Å². The Bertz CT molecular complexity index is 1470. The van der Waals surface area contributed by atoms with Crippen molar-refractivity contribution in [3.63, 3.8) is 0 Å². The molecule has 41 heavy (non-hydrogen) atoms. The first-order chi connectivity index (χ1) is 20.1. The SMILES string of the molecule is CN1CCCC[C@@H]1C(=O)N1CCc2nc(Nc3ncc4cc(C5COC5)nc(N5C6CCC5CC6)c4n3)ccc2C1. The van der Waals surface area contributed by atoms with Crippen molar-refractivity contribution in [1.82, 2.24) is 29.7 Å². The average molecular weight is 555 g/mol. The van der Waals surface area contributed by atoms with Gasteiger partial charge >= 0.3 is 0 Å². The maximum absolute atomic E-state index is 13.3. The fraction of sp³-hybridized carbons (Fsp3) is 0.581. The lowest BCUT2D eigenvalue weighted by atomic mass is 9.99. The van der Waals surface area contributed by atoms with E-state index in [-0.39, 0.29) is 11.9 Å². The molecule has 10 heteroatoms. The fourth-order valence-electron chi connectivity index (χ4n) is 7.54. The maximum Gasteiger partial charge on any atom is 0.240 e. The summed E-state index contributed by atoms with van der Waals surface area (Å²) in [7, 11) is 2.07. The topological polar surface area (TPSA) is 99.6 Å². The number of carbonyl (C=O) groups is 1. The van der Waals surface area contributed by atoms with E-state index in [1.807, 2.05) is 17.2 Å².